The Bertz CT molecular complexity index is 441. The summed E-state index contributed by atoms with van der Waals surface area (Å²) in [5.74, 6) is 1.41. The minimum absolute atomic E-state index is 0.305. The number of hydrogen-bond donors (Lipinski definition) is 0. The molecule has 2 aliphatic heterocycles. The molecule has 2 saturated heterocycles. The number of amides is 2. The van der Waals surface area contributed by atoms with E-state index in [1.807, 2.05) is 4.90 Å². The van der Waals surface area contributed by atoms with Gasteiger partial charge in [0.15, 0.2) is 0 Å². The lowest BCUT2D eigenvalue weighted by Crippen LogP contribution is -2.49. The van der Waals surface area contributed by atoms with Crippen LogP contribution in [0, 0.1) is 5.92 Å². The molecule has 0 spiro atoms. The largest absolute Gasteiger partial charge is 0.343 e. The maximum Gasteiger partial charge on any atom is 0.222 e. The third-order valence-corrected chi connectivity index (χ3v) is 6.55. The van der Waals surface area contributed by atoms with Crippen LogP contribution in [-0.4, -0.2) is 47.3 Å². The number of carbonyl (C=O) groups excluding carboxylic acids is 2. The van der Waals surface area contributed by atoms with Crippen LogP contribution in [0.5, 0.6) is 0 Å². The van der Waals surface area contributed by atoms with Gasteiger partial charge >= 0.3 is 0 Å². The predicted molar refractivity (Wildman–Crippen MR) is 100 cm³/mol. The van der Waals surface area contributed by atoms with Crippen LogP contribution in [0.1, 0.15) is 89.9 Å². The van der Waals surface area contributed by atoms with Crippen LogP contribution in [0.4, 0.5) is 0 Å². The van der Waals surface area contributed by atoms with Crippen LogP contribution in [0.3, 0.4) is 0 Å². The van der Waals surface area contributed by atoms with Crippen molar-refractivity contribution in [2.45, 2.75) is 95.9 Å². The molecule has 0 bridgehead atoms. The zero-order valence-corrected chi connectivity index (χ0v) is 15.9. The maximum absolute atomic E-state index is 12.7. The van der Waals surface area contributed by atoms with Gasteiger partial charge < -0.3 is 9.80 Å². The summed E-state index contributed by atoms with van der Waals surface area (Å²) >= 11 is 0. The van der Waals surface area contributed by atoms with Gasteiger partial charge in [0.2, 0.25) is 11.8 Å². The van der Waals surface area contributed by atoms with Crippen molar-refractivity contribution in [3.05, 3.63) is 0 Å². The molecule has 142 valence electrons. The fourth-order valence-electron chi connectivity index (χ4n) is 5.11. The maximum atomic E-state index is 12.7. The molecular weight excluding hydrogens is 312 g/mol. The van der Waals surface area contributed by atoms with E-state index in [0.29, 0.717) is 30.7 Å². The van der Waals surface area contributed by atoms with E-state index in [1.54, 1.807) is 0 Å². The lowest BCUT2D eigenvalue weighted by Gasteiger charge is -2.44. The molecule has 1 aliphatic carbocycles. The first-order chi connectivity index (χ1) is 12.3. The molecule has 0 N–H and O–H groups in total. The zero-order valence-electron chi connectivity index (χ0n) is 15.9. The van der Waals surface area contributed by atoms with E-state index in [1.165, 1.54) is 51.4 Å². The topological polar surface area (TPSA) is 40.6 Å². The fraction of sp³-hybridized carbons (Fsp3) is 0.905. The number of rotatable bonds is 5. The van der Waals surface area contributed by atoms with Crippen molar-refractivity contribution in [3.63, 3.8) is 0 Å². The Hall–Kier alpha value is -1.06. The molecule has 1 saturated carbocycles. The Morgan fingerprint density at radius 1 is 0.680 bits per heavy atom. The average molecular weight is 349 g/mol. The highest BCUT2D eigenvalue weighted by molar-refractivity contribution is 5.77. The third kappa shape index (κ3) is 5.21. The van der Waals surface area contributed by atoms with Gasteiger partial charge in [0, 0.05) is 38.5 Å². The molecule has 0 radical (unpaired) electrons. The van der Waals surface area contributed by atoms with Crippen molar-refractivity contribution in [2.75, 3.05) is 19.6 Å². The van der Waals surface area contributed by atoms with E-state index in [2.05, 4.69) is 4.90 Å². The van der Waals surface area contributed by atoms with Gasteiger partial charge in [-0.25, -0.2) is 0 Å². The first-order valence-corrected chi connectivity index (χ1v) is 10.8. The Morgan fingerprint density at radius 2 is 1.32 bits per heavy atom. The van der Waals surface area contributed by atoms with Crippen molar-refractivity contribution in [1.82, 2.24) is 9.80 Å². The van der Waals surface area contributed by atoms with Crippen molar-refractivity contribution in [1.29, 1.82) is 0 Å². The molecule has 25 heavy (non-hydrogen) atoms. The van der Waals surface area contributed by atoms with Crippen molar-refractivity contribution in [2.24, 2.45) is 5.92 Å². The summed E-state index contributed by atoms with van der Waals surface area (Å²) in [5, 5.41) is 0. The van der Waals surface area contributed by atoms with Gasteiger partial charge in [-0.15, -0.1) is 0 Å². The summed E-state index contributed by atoms with van der Waals surface area (Å²) < 4.78 is 0. The number of piperidine rings is 1. The molecule has 2 atom stereocenters. The molecule has 0 aromatic carbocycles. The quantitative estimate of drug-likeness (QED) is 0.701. The van der Waals surface area contributed by atoms with E-state index in [-0.39, 0.29) is 0 Å². The zero-order chi connectivity index (χ0) is 17.5. The number of carbonyl (C=O) groups is 2. The molecule has 2 amide bonds. The molecule has 0 aromatic rings. The van der Waals surface area contributed by atoms with E-state index < -0.39 is 0 Å². The summed E-state index contributed by atoms with van der Waals surface area (Å²) in [7, 11) is 0. The van der Waals surface area contributed by atoms with Crippen molar-refractivity contribution in [3.8, 4) is 0 Å². The van der Waals surface area contributed by atoms with Gasteiger partial charge in [0.1, 0.15) is 0 Å². The number of nitrogens with zero attached hydrogens (tertiary/aromatic N) is 2. The van der Waals surface area contributed by atoms with Crippen LogP contribution in [-0.2, 0) is 9.59 Å². The van der Waals surface area contributed by atoms with Gasteiger partial charge in [0.05, 0.1) is 0 Å². The molecule has 4 heteroatoms. The van der Waals surface area contributed by atoms with Crippen molar-refractivity contribution < 1.29 is 9.59 Å². The minimum Gasteiger partial charge on any atom is -0.343 e. The first-order valence-electron chi connectivity index (χ1n) is 10.8. The van der Waals surface area contributed by atoms with Crippen molar-refractivity contribution >= 4 is 11.8 Å². The second-order valence-electron chi connectivity index (χ2n) is 8.34. The predicted octanol–water partition coefficient (Wildman–Crippen LogP) is 4.13. The molecule has 0 aromatic heterocycles. The summed E-state index contributed by atoms with van der Waals surface area (Å²) in [6.07, 6.45) is 15.5. The molecule has 4 nitrogen and oxygen atoms in total. The molecule has 3 rings (SSSR count). The lowest BCUT2D eigenvalue weighted by molar-refractivity contribution is -0.138. The Morgan fingerprint density at radius 3 is 2.08 bits per heavy atom. The number of fused-ring (bicyclic) bond motifs is 1. The van der Waals surface area contributed by atoms with Gasteiger partial charge in [-0.3, -0.25) is 9.59 Å². The van der Waals surface area contributed by atoms with E-state index in [0.717, 1.165) is 51.2 Å². The normalized spacial score (nSPS) is 27.5. The summed E-state index contributed by atoms with van der Waals surface area (Å²) in [6, 6.07) is 0.522. The summed E-state index contributed by atoms with van der Waals surface area (Å²) in [6.45, 7) is 2.84. The number of hydrogen-bond acceptors (Lipinski definition) is 2. The molecule has 3 aliphatic rings. The molecule has 2 heterocycles. The second kappa shape index (κ2) is 9.59. The minimum atomic E-state index is 0.305. The molecule has 3 fully saturated rings. The van der Waals surface area contributed by atoms with E-state index in [4.69, 9.17) is 0 Å². The van der Waals surface area contributed by atoms with Gasteiger partial charge in [-0.05, 0) is 57.3 Å². The van der Waals surface area contributed by atoms with Gasteiger partial charge in [0.25, 0.3) is 0 Å². The number of unbranched alkanes of at least 4 members (excludes halogenated alkanes) is 1. The summed E-state index contributed by atoms with van der Waals surface area (Å²) in [5.41, 5.74) is 0. The van der Waals surface area contributed by atoms with E-state index in [9.17, 15) is 9.59 Å². The summed E-state index contributed by atoms with van der Waals surface area (Å²) in [4.78, 5) is 29.2. The highest BCUT2D eigenvalue weighted by Gasteiger charge is 2.35. The Kier molecular flexibility index (Phi) is 7.18. The fourth-order valence-corrected chi connectivity index (χ4v) is 5.11. The van der Waals surface area contributed by atoms with Gasteiger partial charge in [-0.2, -0.15) is 0 Å². The third-order valence-electron chi connectivity index (χ3n) is 6.55. The van der Waals surface area contributed by atoms with Crippen LogP contribution in [0.2, 0.25) is 0 Å². The monoisotopic (exact) mass is 348 g/mol. The van der Waals surface area contributed by atoms with Crippen LogP contribution in [0.25, 0.3) is 0 Å². The standard InChI is InChI=1S/C21H36N2O2/c24-20(22-15-7-1-2-8-16-22)13-5-6-14-21(25)23-17-9-11-18-10-3-4-12-19(18)23/h18-19H,1-17H2. The Balaban J connectivity index is 1.36. The van der Waals surface area contributed by atoms with E-state index >= 15 is 0 Å². The highest BCUT2D eigenvalue weighted by Crippen LogP contribution is 2.35. The highest BCUT2D eigenvalue weighted by atomic mass is 16.2. The van der Waals surface area contributed by atoms with Crippen LogP contribution < -0.4 is 0 Å². The number of likely N-dealkylation sites (tertiary alicyclic amines) is 2. The second-order valence-corrected chi connectivity index (χ2v) is 8.34. The lowest BCUT2D eigenvalue weighted by atomic mass is 9.78. The Labute approximate surface area is 153 Å². The SMILES string of the molecule is O=C(CCCCC(=O)N1CCCC2CCCCC21)N1CCCCCC1. The first kappa shape index (κ1) is 18.7. The van der Waals surface area contributed by atoms with Crippen LogP contribution >= 0.6 is 0 Å². The smallest absolute Gasteiger partial charge is 0.222 e. The molecule has 2 unspecified atom stereocenters. The van der Waals surface area contributed by atoms with Gasteiger partial charge in [-0.1, -0.05) is 25.7 Å². The van der Waals surface area contributed by atoms with Crippen LogP contribution in [0.15, 0.2) is 0 Å². The molecular formula is C21H36N2O2. The average Bonchev–Trinajstić information content (AvgIpc) is 2.94.